The average molecular weight is 288 g/mol. The van der Waals surface area contributed by atoms with Gasteiger partial charge in [0.05, 0.1) is 0 Å². The SMILES string of the molecule is CC(C)(C)PCCCC[C@H]1CCC[P@]1C(C)(C)C. The fraction of sp³-hybridized carbons (Fsp3) is 1.00. The molecule has 1 aliphatic rings. The molecule has 0 aromatic carbocycles. The van der Waals surface area contributed by atoms with Gasteiger partial charge in [0, 0.05) is 0 Å². The molecule has 0 nitrogen and oxygen atoms in total. The van der Waals surface area contributed by atoms with E-state index in [9.17, 15) is 0 Å². The Balaban J connectivity index is 2.19. The number of hydrogen-bond acceptors (Lipinski definition) is 0. The van der Waals surface area contributed by atoms with E-state index in [0.717, 1.165) is 14.2 Å². The summed E-state index contributed by atoms with van der Waals surface area (Å²) in [6.07, 6.45) is 10.5. The molecule has 1 rings (SSSR count). The van der Waals surface area contributed by atoms with E-state index in [0.29, 0.717) is 18.2 Å². The summed E-state index contributed by atoms with van der Waals surface area (Å²) in [6, 6.07) is 0. The van der Waals surface area contributed by atoms with E-state index in [2.05, 4.69) is 41.5 Å². The molecule has 0 radical (unpaired) electrons. The zero-order valence-corrected chi connectivity index (χ0v) is 15.4. The standard InChI is InChI=1S/C16H34P2/c1-15(2,3)17-12-8-7-10-14-11-9-13-18(14)16(4,5)6/h14,17H,7-13H2,1-6H3/t14-,18-/m0/s1. The lowest BCUT2D eigenvalue weighted by molar-refractivity contribution is 0.648. The maximum atomic E-state index is 2.47. The normalized spacial score (nSPS) is 26.3. The molecule has 0 saturated carbocycles. The fourth-order valence-electron chi connectivity index (χ4n) is 2.99. The van der Waals surface area contributed by atoms with Crippen molar-refractivity contribution in [2.75, 3.05) is 12.3 Å². The van der Waals surface area contributed by atoms with E-state index < -0.39 is 0 Å². The molecule has 1 heterocycles. The quantitative estimate of drug-likeness (QED) is 0.425. The lowest BCUT2D eigenvalue weighted by Gasteiger charge is -2.33. The topological polar surface area (TPSA) is 0 Å². The van der Waals surface area contributed by atoms with Gasteiger partial charge in [0.15, 0.2) is 0 Å². The van der Waals surface area contributed by atoms with Gasteiger partial charge in [-0.15, -0.1) is 8.58 Å². The zero-order chi connectivity index (χ0) is 13.8. The van der Waals surface area contributed by atoms with Crippen LogP contribution >= 0.6 is 16.5 Å². The van der Waals surface area contributed by atoms with Gasteiger partial charge in [-0.2, -0.15) is 0 Å². The highest BCUT2D eigenvalue weighted by molar-refractivity contribution is 7.60. The van der Waals surface area contributed by atoms with Gasteiger partial charge in [0.2, 0.25) is 0 Å². The molecule has 0 aromatic heterocycles. The van der Waals surface area contributed by atoms with Gasteiger partial charge in [-0.05, 0) is 54.0 Å². The van der Waals surface area contributed by atoms with Crippen LogP contribution in [0.5, 0.6) is 0 Å². The van der Waals surface area contributed by atoms with E-state index in [1.807, 2.05) is 0 Å². The second-order valence-electron chi connectivity index (χ2n) is 7.83. The Kier molecular flexibility index (Phi) is 6.61. The summed E-state index contributed by atoms with van der Waals surface area (Å²) < 4.78 is 0. The van der Waals surface area contributed by atoms with Crippen molar-refractivity contribution in [2.24, 2.45) is 0 Å². The van der Waals surface area contributed by atoms with Crippen molar-refractivity contribution in [3.8, 4) is 0 Å². The van der Waals surface area contributed by atoms with Crippen molar-refractivity contribution in [2.45, 2.75) is 89.6 Å². The van der Waals surface area contributed by atoms with Crippen LogP contribution in [-0.4, -0.2) is 28.3 Å². The van der Waals surface area contributed by atoms with Crippen molar-refractivity contribution in [3.63, 3.8) is 0 Å². The predicted octanol–water partition coefficient (Wildman–Crippen LogP) is 6.08. The largest absolute Gasteiger partial charge is 0.117 e. The van der Waals surface area contributed by atoms with Crippen LogP contribution in [0.2, 0.25) is 0 Å². The Morgan fingerprint density at radius 1 is 1.06 bits per heavy atom. The van der Waals surface area contributed by atoms with E-state index in [1.54, 1.807) is 6.16 Å². The first kappa shape index (κ1) is 16.9. The maximum absolute atomic E-state index is 2.47. The van der Waals surface area contributed by atoms with E-state index in [1.165, 1.54) is 38.3 Å². The lowest BCUT2D eigenvalue weighted by atomic mass is 10.1. The molecule has 3 atom stereocenters. The summed E-state index contributed by atoms with van der Waals surface area (Å²) in [5, 5.41) is 1.16. The fourth-order valence-corrected chi connectivity index (χ4v) is 7.81. The first-order valence-electron chi connectivity index (χ1n) is 7.72. The maximum Gasteiger partial charge on any atom is -0.0177 e. The highest BCUT2D eigenvalue weighted by atomic mass is 31.1. The molecular formula is C16H34P2. The third-order valence-corrected chi connectivity index (χ3v) is 9.44. The van der Waals surface area contributed by atoms with E-state index >= 15 is 0 Å². The van der Waals surface area contributed by atoms with Crippen molar-refractivity contribution < 1.29 is 0 Å². The molecular weight excluding hydrogens is 254 g/mol. The zero-order valence-electron chi connectivity index (χ0n) is 13.5. The summed E-state index contributed by atoms with van der Waals surface area (Å²) in [6.45, 7) is 14.5. The number of hydrogen-bond donors (Lipinski definition) is 0. The van der Waals surface area contributed by atoms with Crippen LogP contribution in [0.4, 0.5) is 0 Å². The lowest BCUT2D eigenvalue weighted by Crippen LogP contribution is -2.17. The first-order valence-corrected chi connectivity index (χ1v) is 10.5. The van der Waals surface area contributed by atoms with Crippen LogP contribution in [0, 0.1) is 0 Å². The second-order valence-corrected chi connectivity index (χ2v) is 13.6. The highest BCUT2D eigenvalue weighted by Crippen LogP contribution is 2.60. The van der Waals surface area contributed by atoms with Crippen molar-refractivity contribution in [1.82, 2.24) is 0 Å². The Hall–Kier alpha value is 0.860. The molecule has 108 valence electrons. The van der Waals surface area contributed by atoms with E-state index in [-0.39, 0.29) is 0 Å². The Bertz CT molecular complexity index is 234. The van der Waals surface area contributed by atoms with Crippen LogP contribution in [0.3, 0.4) is 0 Å². The van der Waals surface area contributed by atoms with Gasteiger partial charge in [0.25, 0.3) is 0 Å². The molecule has 0 spiro atoms. The predicted molar refractivity (Wildman–Crippen MR) is 91.3 cm³/mol. The summed E-state index contributed by atoms with van der Waals surface area (Å²) >= 11 is 0. The summed E-state index contributed by atoms with van der Waals surface area (Å²) in [7, 11) is 1.46. The smallest absolute Gasteiger partial charge is 0.0177 e. The third-order valence-electron chi connectivity index (χ3n) is 3.86. The van der Waals surface area contributed by atoms with Gasteiger partial charge in [-0.25, -0.2) is 0 Å². The Morgan fingerprint density at radius 3 is 2.28 bits per heavy atom. The number of unbranched alkanes of at least 4 members (excludes halogenated alkanes) is 1. The van der Waals surface area contributed by atoms with Crippen molar-refractivity contribution >= 4 is 16.5 Å². The minimum absolute atomic E-state index is 0.309. The average Bonchev–Trinajstić information content (AvgIpc) is 2.62. The summed E-state index contributed by atoms with van der Waals surface area (Å²) in [5.41, 5.74) is 1.10. The minimum atomic E-state index is 0.309. The number of rotatable bonds is 5. The highest BCUT2D eigenvalue weighted by Gasteiger charge is 2.34. The van der Waals surface area contributed by atoms with Crippen molar-refractivity contribution in [1.29, 1.82) is 0 Å². The summed E-state index contributed by atoms with van der Waals surface area (Å²) in [4.78, 5) is 0. The van der Waals surface area contributed by atoms with E-state index in [4.69, 9.17) is 0 Å². The van der Waals surface area contributed by atoms with Crippen LogP contribution < -0.4 is 0 Å². The molecule has 0 N–H and O–H groups in total. The van der Waals surface area contributed by atoms with Gasteiger partial charge < -0.3 is 0 Å². The minimum Gasteiger partial charge on any atom is -0.117 e. The molecule has 1 fully saturated rings. The third kappa shape index (κ3) is 6.34. The van der Waals surface area contributed by atoms with Crippen molar-refractivity contribution in [3.05, 3.63) is 0 Å². The van der Waals surface area contributed by atoms with Crippen LogP contribution in [0.15, 0.2) is 0 Å². The molecule has 1 aliphatic heterocycles. The molecule has 1 saturated heterocycles. The van der Waals surface area contributed by atoms with Gasteiger partial charge in [-0.1, -0.05) is 55.9 Å². The summed E-state index contributed by atoms with van der Waals surface area (Å²) in [5.74, 6) is 0. The molecule has 1 unspecified atom stereocenters. The molecule has 2 heteroatoms. The van der Waals surface area contributed by atoms with Gasteiger partial charge in [0.1, 0.15) is 0 Å². The van der Waals surface area contributed by atoms with Gasteiger partial charge in [-0.3, -0.25) is 0 Å². The molecule has 0 aromatic rings. The van der Waals surface area contributed by atoms with Gasteiger partial charge >= 0.3 is 0 Å². The molecule has 18 heavy (non-hydrogen) atoms. The second kappa shape index (κ2) is 7.04. The Morgan fingerprint density at radius 2 is 1.72 bits per heavy atom. The molecule has 0 bridgehead atoms. The Labute approximate surface area is 119 Å². The monoisotopic (exact) mass is 288 g/mol. The van der Waals surface area contributed by atoms with Crippen LogP contribution in [0.25, 0.3) is 0 Å². The first-order chi connectivity index (χ1) is 8.20. The van der Waals surface area contributed by atoms with Crippen LogP contribution in [-0.2, 0) is 0 Å². The van der Waals surface area contributed by atoms with Crippen LogP contribution in [0.1, 0.15) is 73.6 Å². The molecule has 0 aliphatic carbocycles. The molecule has 0 amide bonds.